The zero-order valence-electron chi connectivity index (χ0n) is 11.6. The van der Waals surface area contributed by atoms with Gasteiger partial charge >= 0.3 is 0 Å². The van der Waals surface area contributed by atoms with E-state index in [2.05, 4.69) is 62.9 Å². The van der Waals surface area contributed by atoms with Gasteiger partial charge in [-0.1, -0.05) is 58.0 Å². The minimum Gasteiger partial charge on any atom is -0.298 e. The van der Waals surface area contributed by atoms with E-state index in [-0.39, 0.29) is 0 Å². The van der Waals surface area contributed by atoms with Gasteiger partial charge in [0.05, 0.1) is 0 Å². The molecule has 0 amide bonds. The minimum absolute atomic E-state index is 0.550. The maximum atomic E-state index is 2.58. The van der Waals surface area contributed by atoms with Gasteiger partial charge in [-0.05, 0) is 17.4 Å². The monoisotopic (exact) mass is 231 g/mol. The largest absolute Gasteiger partial charge is 0.298 e. The van der Waals surface area contributed by atoms with Gasteiger partial charge in [-0.15, -0.1) is 0 Å². The number of nitrogens with zero attached hydrogens (tertiary/aromatic N) is 1. The Bertz CT molecular complexity index is 337. The van der Waals surface area contributed by atoms with Crippen LogP contribution in [0.3, 0.4) is 0 Å². The molecule has 2 rings (SSSR count). The van der Waals surface area contributed by atoms with E-state index >= 15 is 0 Å². The van der Waals surface area contributed by atoms with Crippen LogP contribution in [0.5, 0.6) is 0 Å². The molecule has 17 heavy (non-hydrogen) atoms. The molecule has 1 aliphatic heterocycles. The Hall–Kier alpha value is -0.820. The molecule has 0 aliphatic carbocycles. The topological polar surface area (TPSA) is 3.24 Å². The third-order valence-corrected chi connectivity index (χ3v) is 4.58. The van der Waals surface area contributed by atoms with Gasteiger partial charge in [0.15, 0.2) is 0 Å². The Morgan fingerprint density at radius 1 is 1.00 bits per heavy atom. The Balaban J connectivity index is 1.94. The quantitative estimate of drug-likeness (QED) is 0.762. The zero-order chi connectivity index (χ0) is 12.5. The van der Waals surface area contributed by atoms with Crippen molar-refractivity contribution in [1.29, 1.82) is 0 Å². The van der Waals surface area contributed by atoms with Crippen molar-refractivity contribution in [2.24, 2.45) is 17.3 Å². The number of hydrogen-bond donors (Lipinski definition) is 0. The number of likely N-dealkylation sites (tertiary alicyclic amines) is 1. The first-order chi connectivity index (χ1) is 8.04. The second-order valence-corrected chi connectivity index (χ2v) is 6.17. The van der Waals surface area contributed by atoms with Gasteiger partial charge in [0, 0.05) is 25.0 Å². The molecule has 0 saturated carbocycles. The summed E-state index contributed by atoms with van der Waals surface area (Å²) in [5.41, 5.74) is 1.99. The van der Waals surface area contributed by atoms with E-state index < -0.39 is 0 Å². The molecule has 0 N–H and O–H groups in total. The van der Waals surface area contributed by atoms with Crippen molar-refractivity contribution in [3.05, 3.63) is 35.9 Å². The van der Waals surface area contributed by atoms with Gasteiger partial charge < -0.3 is 0 Å². The molecule has 1 nitrogen and oxygen atoms in total. The average Bonchev–Trinajstić information content (AvgIpc) is 2.23. The fourth-order valence-corrected chi connectivity index (χ4v) is 3.14. The van der Waals surface area contributed by atoms with E-state index in [0.717, 1.165) is 18.4 Å². The number of benzene rings is 1. The van der Waals surface area contributed by atoms with Gasteiger partial charge in [0.1, 0.15) is 0 Å². The van der Waals surface area contributed by atoms with Crippen molar-refractivity contribution in [2.75, 3.05) is 13.1 Å². The lowest BCUT2D eigenvalue weighted by atomic mass is 9.63. The lowest BCUT2D eigenvalue weighted by molar-refractivity contribution is -0.0762. The number of hydrogen-bond acceptors (Lipinski definition) is 1. The van der Waals surface area contributed by atoms with Crippen molar-refractivity contribution < 1.29 is 0 Å². The summed E-state index contributed by atoms with van der Waals surface area (Å²) in [4.78, 5) is 2.58. The fraction of sp³-hybridized carbons (Fsp3) is 0.625. The molecule has 0 radical (unpaired) electrons. The van der Waals surface area contributed by atoms with Crippen molar-refractivity contribution in [2.45, 2.75) is 34.2 Å². The predicted molar refractivity (Wildman–Crippen MR) is 73.8 cm³/mol. The third kappa shape index (κ3) is 2.40. The van der Waals surface area contributed by atoms with E-state index in [0.29, 0.717) is 5.41 Å². The summed E-state index contributed by atoms with van der Waals surface area (Å²) >= 11 is 0. The lowest BCUT2D eigenvalue weighted by Crippen LogP contribution is -2.60. The highest BCUT2D eigenvalue weighted by atomic mass is 15.2. The van der Waals surface area contributed by atoms with Crippen molar-refractivity contribution >= 4 is 0 Å². The summed E-state index contributed by atoms with van der Waals surface area (Å²) in [7, 11) is 0. The molecule has 1 heterocycles. The van der Waals surface area contributed by atoms with Gasteiger partial charge in [0.2, 0.25) is 0 Å². The molecule has 1 fully saturated rings. The summed E-state index contributed by atoms with van der Waals surface area (Å²) in [6.45, 7) is 13.1. The first-order valence-electron chi connectivity index (χ1n) is 6.81. The van der Waals surface area contributed by atoms with Crippen molar-refractivity contribution in [3.8, 4) is 0 Å². The Morgan fingerprint density at radius 2 is 1.53 bits per heavy atom. The molecule has 0 aromatic heterocycles. The average molecular weight is 231 g/mol. The van der Waals surface area contributed by atoms with Crippen LogP contribution in [-0.2, 0) is 6.54 Å². The maximum Gasteiger partial charge on any atom is 0.0234 e. The molecule has 94 valence electrons. The van der Waals surface area contributed by atoms with Crippen LogP contribution in [0.1, 0.15) is 33.3 Å². The van der Waals surface area contributed by atoms with Crippen LogP contribution in [0.4, 0.5) is 0 Å². The summed E-state index contributed by atoms with van der Waals surface area (Å²) < 4.78 is 0. The first kappa shape index (κ1) is 12.6. The van der Waals surface area contributed by atoms with Crippen molar-refractivity contribution in [3.63, 3.8) is 0 Å². The molecule has 1 aromatic rings. The zero-order valence-corrected chi connectivity index (χ0v) is 11.6. The van der Waals surface area contributed by atoms with Crippen LogP contribution < -0.4 is 0 Å². The first-order valence-corrected chi connectivity index (χ1v) is 6.81. The van der Waals surface area contributed by atoms with E-state index in [1.54, 1.807) is 0 Å². The van der Waals surface area contributed by atoms with Crippen LogP contribution in [0, 0.1) is 17.3 Å². The highest BCUT2D eigenvalue weighted by Crippen LogP contribution is 2.44. The van der Waals surface area contributed by atoms with E-state index in [9.17, 15) is 0 Å². The van der Waals surface area contributed by atoms with Gasteiger partial charge in [-0.2, -0.15) is 0 Å². The van der Waals surface area contributed by atoms with Gasteiger partial charge in [-0.25, -0.2) is 0 Å². The lowest BCUT2D eigenvalue weighted by Gasteiger charge is -2.56. The van der Waals surface area contributed by atoms with E-state index in [4.69, 9.17) is 0 Å². The molecular formula is C16H25N. The van der Waals surface area contributed by atoms with Gasteiger partial charge in [0.25, 0.3) is 0 Å². The van der Waals surface area contributed by atoms with Crippen LogP contribution in [0.25, 0.3) is 0 Å². The number of rotatable bonds is 4. The molecule has 0 bridgehead atoms. The Labute approximate surface area is 106 Å². The standard InChI is InChI=1S/C16H25N/c1-13(2)16(14(3)4)11-17(12-16)10-15-8-6-5-7-9-15/h5-9,13-14H,10-12H2,1-4H3. The molecule has 0 spiro atoms. The van der Waals surface area contributed by atoms with Gasteiger partial charge in [-0.3, -0.25) is 4.90 Å². The second-order valence-electron chi connectivity index (χ2n) is 6.17. The molecule has 1 heteroatoms. The Morgan fingerprint density at radius 3 is 2.00 bits per heavy atom. The van der Waals surface area contributed by atoms with Crippen LogP contribution in [0.15, 0.2) is 30.3 Å². The molecule has 0 atom stereocenters. The normalized spacial score (nSPS) is 19.6. The SMILES string of the molecule is CC(C)C1(C(C)C)CN(Cc2ccccc2)C1. The van der Waals surface area contributed by atoms with Crippen LogP contribution in [-0.4, -0.2) is 18.0 Å². The summed E-state index contributed by atoms with van der Waals surface area (Å²) in [5, 5.41) is 0. The minimum atomic E-state index is 0.550. The molecule has 1 saturated heterocycles. The summed E-state index contributed by atoms with van der Waals surface area (Å²) in [5.74, 6) is 1.57. The summed E-state index contributed by atoms with van der Waals surface area (Å²) in [6.07, 6.45) is 0. The smallest absolute Gasteiger partial charge is 0.0234 e. The predicted octanol–water partition coefficient (Wildman–Crippen LogP) is 3.80. The summed E-state index contributed by atoms with van der Waals surface area (Å²) in [6, 6.07) is 10.8. The highest BCUT2D eigenvalue weighted by Gasteiger charge is 2.47. The maximum absolute atomic E-state index is 2.58. The van der Waals surface area contributed by atoms with Crippen LogP contribution in [0.2, 0.25) is 0 Å². The van der Waals surface area contributed by atoms with Crippen LogP contribution >= 0.6 is 0 Å². The molecular weight excluding hydrogens is 206 g/mol. The fourth-order valence-electron chi connectivity index (χ4n) is 3.14. The van der Waals surface area contributed by atoms with Crippen molar-refractivity contribution in [1.82, 2.24) is 4.90 Å². The Kier molecular flexibility index (Phi) is 3.58. The second kappa shape index (κ2) is 4.81. The third-order valence-electron chi connectivity index (χ3n) is 4.58. The van der Waals surface area contributed by atoms with E-state index in [1.165, 1.54) is 18.7 Å². The molecule has 1 aliphatic rings. The molecule has 1 aromatic carbocycles. The van der Waals surface area contributed by atoms with E-state index in [1.807, 2.05) is 0 Å². The highest BCUT2D eigenvalue weighted by molar-refractivity contribution is 5.15. The molecule has 0 unspecified atom stereocenters.